The van der Waals surface area contributed by atoms with Gasteiger partial charge in [0.1, 0.15) is 12.3 Å². The van der Waals surface area contributed by atoms with Crippen LogP contribution in [0.15, 0.2) is 39.7 Å². The Morgan fingerprint density at radius 2 is 2.00 bits per heavy atom. The van der Waals surface area contributed by atoms with Gasteiger partial charge in [0.05, 0.1) is 12.8 Å². The number of hydrogen-bond acceptors (Lipinski definition) is 4. The minimum atomic E-state index is 0.576. The van der Waals surface area contributed by atoms with E-state index in [1.165, 1.54) is 0 Å². The summed E-state index contributed by atoms with van der Waals surface area (Å²) in [5, 5.41) is 11.2. The molecule has 0 saturated carbocycles. The Labute approximate surface area is 75.9 Å². The maximum atomic E-state index is 5.05. The summed E-state index contributed by atoms with van der Waals surface area (Å²) in [4.78, 5) is 0. The molecule has 0 fully saturated rings. The van der Waals surface area contributed by atoms with Crippen LogP contribution >= 0.6 is 0 Å². The molecule has 0 bridgehead atoms. The van der Waals surface area contributed by atoms with Gasteiger partial charge in [-0.15, -0.1) is 5.10 Å². The van der Waals surface area contributed by atoms with Crippen molar-refractivity contribution in [3.05, 3.63) is 29.8 Å². The Bertz CT molecular complexity index is 354. The number of ether oxygens (including phenoxy) is 1. The van der Waals surface area contributed by atoms with E-state index >= 15 is 0 Å². The van der Waals surface area contributed by atoms with Gasteiger partial charge < -0.3 is 4.74 Å². The van der Waals surface area contributed by atoms with Gasteiger partial charge >= 0.3 is 0 Å². The fourth-order valence-corrected chi connectivity index (χ4v) is 1.15. The van der Waals surface area contributed by atoms with Crippen molar-refractivity contribution in [2.75, 3.05) is 13.7 Å². The first-order chi connectivity index (χ1) is 6.40. The number of methoxy groups -OCH3 is 1. The molecule has 4 heteroatoms. The SMILES string of the molecule is COc1ccc(C2=NN=NC2)cc1. The molecule has 0 radical (unpaired) electrons. The third-order valence-corrected chi connectivity index (χ3v) is 1.87. The van der Waals surface area contributed by atoms with Gasteiger partial charge in [0.25, 0.3) is 0 Å². The van der Waals surface area contributed by atoms with E-state index in [4.69, 9.17) is 4.74 Å². The Morgan fingerprint density at radius 1 is 1.23 bits per heavy atom. The van der Waals surface area contributed by atoms with Crippen molar-refractivity contribution in [1.29, 1.82) is 0 Å². The molecule has 0 unspecified atom stereocenters. The van der Waals surface area contributed by atoms with Crippen LogP contribution in [0.5, 0.6) is 5.75 Å². The Kier molecular flexibility index (Phi) is 2.04. The molecule has 0 saturated heterocycles. The molecule has 1 heterocycles. The van der Waals surface area contributed by atoms with E-state index in [-0.39, 0.29) is 0 Å². The molecule has 0 spiro atoms. The maximum absolute atomic E-state index is 5.05. The van der Waals surface area contributed by atoms with E-state index < -0.39 is 0 Å². The summed E-state index contributed by atoms with van der Waals surface area (Å²) in [5.41, 5.74) is 1.95. The van der Waals surface area contributed by atoms with Crippen molar-refractivity contribution < 1.29 is 4.74 Å². The summed E-state index contributed by atoms with van der Waals surface area (Å²) in [6.07, 6.45) is 0. The van der Waals surface area contributed by atoms with Gasteiger partial charge in [0, 0.05) is 5.56 Å². The van der Waals surface area contributed by atoms with Crippen LogP contribution < -0.4 is 4.74 Å². The quantitative estimate of drug-likeness (QED) is 0.676. The second kappa shape index (κ2) is 3.35. The van der Waals surface area contributed by atoms with Crippen LogP contribution in [0.4, 0.5) is 0 Å². The standard InChI is InChI=1S/C9H9N3O/c1-13-8-4-2-7(3-5-8)9-6-10-12-11-9/h2-5H,6H2,1H3. The highest BCUT2D eigenvalue weighted by Crippen LogP contribution is 2.13. The van der Waals surface area contributed by atoms with Crippen molar-refractivity contribution in [2.45, 2.75) is 0 Å². The van der Waals surface area contributed by atoms with Crippen LogP contribution in [0.25, 0.3) is 0 Å². The van der Waals surface area contributed by atoms with Crippen molar-refractivity contribution in [3.8, 4) is 5.75 Å². The lowest BCUT2D eigenvalue weighted by Crippen LogP contribution is -2.00. The number of benzene rings is 1. The molecule has 1 aliphatic heterocycles. The smallest absolute Gasteiger partial charge is 0.118 e. The third kappa shape index (κ3) is 1.56. The van der Waals surface area contributed by atoms with Crippen molar-refractivity contribution >= 4 is 5.71 Å². The van der Waals surface area contributed by atoms with E-state index in [1.54, 1.807) is 7.11 Å². The molecule has 1 aromatic rings. The molecule has 1 aromatic carbocycles. The van der Waals surface area contributed by atoms with Gasteiger partial charge in [-0.3, -0.25) is 0 Å². The van der Waals surface area contributed by atoms with Gasteiger partial charge in [0.2, 0.25) is 0 Å². The van der Waals surface area contributed by atoms with Gasteiger partial charge in [-0.05, 0) is 29.5 Å². The van der Waals surface area contributed by atoms with Crippen LogP contribution in [0, 0.1) is 0 Å². The average Bonchev–Trinajstić information content (AvgIpc) is 2.71. The summed E-state index contributed by atoms with van der Waals surface area (Å²) < 4.78 is 5.05. The lowest BCUT2D eigenvalue weighted by molar-refractivity contribution is 0.415. The van der Waals surface area contributed by atoms with E-state index in [9.17, 15) is 0 Å². The Morgan fingerprint density at radius 3 is 2.54 bits per heavy atom. The molecule has 13 heavy (non-hydrogen) atoms. The average molecular weight is 175 g/mol. The van der Waals surface area contributed by atoms with Gasteiger partial charge in [-0.1, -0.05) is 0 Å². The topological polar surface area (TPSA) is 46.3 Å². The summed E-state index contributed by atoms with van der Waals surface area (Å²) in [6.45, 7) is 0.576. The minimum absolute atomic E-state index is 0.576. The highest BCUT2D eigenvalue weighted by Gasteiger charge is 2.06. The van der Waals surface area contributed by atoms with E-state index in [0.29, 0.717) is 6.54 Å². The second-order valence-corrected chi connectivity index (χ2v) is 2.66. The van der Waals surface area contributed by atoms with Crippen LogP contribution in [0.2, 0.25) is 0 Å². The zero-order valence-electron chi connectivity index (χ0n) is 7.27. The molecular formula is C9H9N3O. The van der Waals surface area contributed by atoms with Crippen molar-refractivity contribution in [2.24, 2.45) is 15.4 Å². The molecule has 4 nitrogen and oxygen atoms in total. The molecule has 0 aliphatic carbocycles. The van der Waals surface area contributed by atoms with Crippen LogP contribution in [0.3, 0.4) is 0 Å². The molecule has 0 amide bonds. The Balaban J connectivity index is 2.23. The third-order valence-electron chi connectivity index (χ3n) is 1.87. The zero-order valence-corrected chi connectivity index (χ0v) is 7.27. The second-order valence-electron chi connectivity index (χ2n) is 2.66. The highest BCUT2D eigenvalue weighted by atomic mass is 16.5. The van der Waals surface area contributed by atoms with E-state index in [2.05, 4.69) is 15.4 Å². The minimum Gasteiger partial charge on any atom is -0.497 e. The normalized spacial score (nSPS) is 14.4. The lowest BCUT2D eigenvalue weighted by Gasteiger charge is -2.00. The van der Waals surface area contributed by atoms with Crippen LogP contribution in [-0.2, 0) is 0 Å². The molecule has 0 atom stereocenters. The summed E-state index contributed by atoms with van der Waals surface area (Å²) in [5.74, 6) is 0.844. The summed E-state index contributed by atoms with van der Waals surface area (Å²) >= 11 is 0. The number of rotatable bonds is 2. The Hall–Kier alpha value is -1.71. The molecule has 2 rings (SSSR count). The first-order valence-electron chi connectivity index (χ1n) is 3.98. The maximum Gasteiger partial charge on any atom is 0.118 e. The van der Waals surface area contributed by atoms with Crippen molar-refractivity contribution in [3.63, 3.8) is 0 Å². The molecule has 0 aromatic heterocycles. The van der Waals surface area contributed by atoms with Gasteiger partial charge in [-0.2, -0.15) is 5.11 Å². The zero-order chi connectivity index (χ0) is 9.10. The molecule has 66 valence electrons. The van der Waals surface area contributed by atoms with Crippen molar-refractivity contribution in [1.82, 2.24) is 0 Å². The van der Waals surface area contributed by atoms with Gasteiger partial charge in [0.15, 0.2) is 0 Å². The summed E-state index contributed by atoms with van der Waals surface area (Å²) in [7, 11) is 1.65. The lowest BCUT2D eigenvalue weighted by atomic mass is 10.1. The predicted molar refractivity (Wildman–Crippen MR) is 49.3 cm³/mol. The van der Waals surface area contributed by atoms with E-state index in [1.807, 2.05) is 24.3 Å². The fraction of sp³-hybridized carbons (Fsp3) is 0.222. The van der Waals surface area contributed by atoms with E-state index in [0.717, 1.165) is 17.0 Å². The highest BCUT2D eigenvalue weighted by molar-refractivity contribution is 6.02. The number of nitrogens with zero attached hydrogens (tertiary/aromatic N) is 3. The molecule has 0 N–H and O–H groups in total. The molecule has 1 aliphatic rings. The largest absolute Gasteiger partial charge is 0.497 e. The monoisotopic (exact) mass is 175 g/mol. The first-order valence-corrected chi connectivity index (χ1v) is 3.98. The summed E-state index contributed by atoms with van der Waals surface area (Å²) in [6, 6.07) is 7.70. The predicted octanol–water partition coefficient (Wildman–Crippen LogP) is 1.87. The first kappa shape index (κ1) is 7.91. The van der Waals surface area contributed by atoms with Gasteiger partial charge in [-0.25, -0.2) is 0 Å². The van der Waals surface area contributed by atoms with Crippen LogP contribution in [-0.4, -0.2) is 19.4 Å². The molecular weight excluding hydrogens is 166 g/mol. The number of hydrogen-bond donors (Lipinski definition) is 0. The van der Waals surface area contributed by atoms with Crippen LogP contribution in [0.1, 0.15) is 5.56 Å². The fourth-order valence-electron chi connectivity index (χ4n) is 1.15.